The fourth-order valence-electron chi connectivity index (χ4n) is 2.19. The Kier molecular flexibility index (Phi) is 7.63. The molecule has 0 radical (unpaired) electrons. The number of hydrogen-bond acceptors (Lipinski definition) is 3. The first kappa shape index (κ1) is 17.8. The van der Waals surface area contributed by atoms with Crippen LogP contribution in [-0.2, 0) is 17.9 Å². The first-order chi connectivity index (χ1) is 11.8. The van der Waals surface area contributed by atoms with Crippen LogP contribution in [0.5, 0.6) is 5.75 Å². The second-order valence-corrected chi connectivity index (χ2v) is 5.27. The molecule has 0 amide bonds. The quantitative estimate of drug-likeness (QED) is 0.444. The van der Waals surface area contributed by atoms with Gasteiger partial charge in [-0.1, -0.05) is 42.5 Å². The Balaban J connectivity index is 1.83. The largest absolute Gasteiger partial charge is 0.489 e. The molecular formula is C19H25N3O2. The molecule has 0 saturated carbocycles. The lowest BCUT2D eigenvalue weighted by atomic mass is 10.1. The fourth-order valence-corrected chi connectivity index (χ4v) is 2.19. The Bertz CT molecular complexity index is 630. The van der Waals surface area contributed by atoms with Crippen LogP contribution in [-0.4, -0.2) is 33.3 Å². The number of ether oxygens (including phenoxy) is 2. The van der Waals surface area contributed by atoms with Gasteiger partial charge in [0.05, 0.1) is 6.61 Å². The van der Waals surface area contributed by atoms with Gasteiger partial charge in [-0.2, -0.15) is 0 Å². The Labute approximate surface area is 143 Å². The Hall–Kier alpha value is -2.53. The molecule has 2 N–H and O–H groups in total. The number of benzene rings is 2. The van der Waals surface area contributed by atoms with Gasteiger partial charge in [-0.05, 0) is 23.3 Å². The minimum absolute atomic E-state index is 0.554. The molecule has 0 aliphatic rings. The van der Waals surface area contributed by atoms with Crippen LogP contribution in [0.4, 0.5) is 0 Å². The summed E-state index contributed by atoms with van der Waals surface area (Å²) in [6.07, 6.45) is 0. The molecule has 2 aromatic carbocycles. The van der Waals surface area contributed by atoms with Gasteiger partial charge in [0.15, 0.2) is 5.96 Å². The molecule has 0 atom stereocenters. The third-order valence-corrected chi connectivity index (χ3v) is 3.42. The van der Waals surface area contributed by atoms with E-state index in [0.717, 1.165) is 23.8 Å². The minimum atomic E-state index is 0.554. The lowest BCUT2D eigenvalue weighted by Gasteiger charge is -2.12. The molecule has 0 fully saturated rings. The number of aliphatic imine (C=N–C) groups is 1. The summed E-state index contributed by atoms with van der Waals surface area (Å²) >= 11 is 0. The molecular weight excluding hydrogens is 302 g/mol. The van der Waals surface area contributed by atoms with E-state index in [-0.39, 0.29) is 0 Å². The van der Waals surface area contributed by atoms with Crippen molar-refractivity contribution in [1.29, 1.82) is 0 Å². The number of guanidine groups is 1. The second kappa shape index (κ2) is 10.3. The van der Waals surface area contributed by atoms with Gasteiger partial charge in [-0.3, -0.25) is 4.99 Å². The van der Waals surface area contributed by atoms with Crippen molar-refractivity contribution < 1.29 is 9.47 Å². The molecule has 2 aromatic rings. The van der Waals surface area contributed by atoms with Crippen molar-refractivity contribution >= 4 is 5.96 Å². The van der Waals surface area contributed by atoms with Crippen molar-refractivity contribution in [2.45, 2.75) is 13.2 Å². The molecule has 0 aliphatic carbocycles. The Morgan fingerprint density at radius 2 is 1.79 bits per heavy atom. The summed E-state index contributed by atoms with van der Waals surface area (Å²) in [5.74, 6) is 1.64. The highest BCUT2D eigenvalue weighted by atomic mass is 16.5. The lowest BCUT2D eigenvalue weighted by Crippen LogP contribution is -2.38. The van der Waals surface area contributed by atoms with Crippen molar-refractivity contribution in [3.8, 4) is 5.75 Å². The summed E-state index contributed by atoms with van der Waals surface area (Å²) in [6, 6.07) is 18.2. The number of hydrogen-bond donors (Lipinski definition) is 2. The predicted octanol–water partition coefficient (Wildman–Crippen LogP) is 2.58. The van der Waals surface area contributed by atoms with E-state index >= 15 is 0 Å². The number of nitrogens with zero attached hydrogens (tertiary/aromatic N) is 1. The van der Waals surface area contributed by atoms with E-state index in [2.05, 4.69) is 33.8 Å². The highest BCUT2D eigenvalue weighted by molar-refractivity contribution is 5.79. The predicted molar refractivity (Wildman–Crippen MR) is 97.3 cm³/mol. The average molecular weight is 327 g/mol. The monoisotopic (exact) mass is 327 g/mol. The molecule has 128 valence electrons. The van der Waals surface area contributed by atoms with Gasteiger partial charge in [0.25, 0.3) is 0 Å². The van der Waals surface area contributed by atoms with Crippen LogP contribution in [0.2, 0.25) is 0 Å². The number of para-hydroxylation sites is 1. The van der Waals surface area contributed by atoms with Gasteiger partial charge >= 0.3 is 0 Å². The maximum atomic E-state index is 5.79. The SMILES string of the molecule is CN=C(NCCOC)NCc1cccc(COc2ccccc2)c1. The molecule has 0 aliphatic heterocycles. The van der Waals surface area contributed by atoms with Crippen molar-refractivity contribution in [2.24, 2.45) is 4.99 Å². The summed E-state index contributed by atoms with van der Waals surface area (Å²) in [5, 5.41) is 6.48. The van der Waals surface area contributed by atoms with E-state index in [4.69, 9.17) is 9.47 Å². The van der Waals surface area contributed by atoms with E-state index in [1.807, 2.05) is 36.4 Å². The van der Waals surface area contributed by atoms with Gasteiger partial charge in [0.2, 0.25) is 0 Å². The minimum Gasteiger partial charge on any atom is -0.489 e. The summed E-state index contributed by atoms with van der Waals surface area (Å²) in [6.45, 7) is 2.62. The summed E-state index contributed by atoms with van der Waals surface area (Å²) in [5.41, 5.74) is 2.32. The Morgan fingerprint density at radius 1 is 1.00 bits per heavy atom. The number of methoxy groups -OCH3 is 1. The number of rotatable bonds is 8. The van der Waals surface area contributed by atoms with E-state index < -0.39 is 0 Å². The first-order valence-corrected chi connectivity index (χ1v) is 8.01. The summed E-state index contributed by atoms with van der Waals surface area (Å²) in [4.78, 5) is 4.19. The van der Waals surface area contributed by atoms with Gasteiger partial charge in [0, 0.05) is 27.2 Å². The Morgan fingerprint density at radius 3 is 2.54 bits per heavy atom. The van der Waals surface area contributed by atoms with Crippen LogP contribution < -0.4 is 15.4 Å². The summed E-state index contributed by atoms with van der Waals surface area (Å²) < 4.78 is 10.8. The van der Waals surface area contributed by atoms with Crippen LogP contribution in [0.3, 0.4) is 0 Å². The zero-order valence-electron chi connectivity index (χ0n) is 14.3. The van der Waals surface area contributed by atoms with Crippen molar-refractivity contribution in [1.82, 2.24) is 10.6 Å². The van der Waals surface area contributed by atoms with E-state index in [1.54, 1.807) is 14.2 Å². The zero-order chi connectivity index (χ0) is 17.0. The normalized spacial score (nSPS) is 11.2. The molecule has 0 spiro atoms. The van der Waals surface area contributed by atoms with Gasteiger partial charge in [0.1, 0.15) is 12.4 Å². The highest BCUT2D eigenvalue weighted by Gasteiger charge is 2.00. The molecule has 0 bridgehead atoms. The zero-order valence-corrected chi connectivity index (χ0v) is 14.3. The van der Waals surface area contributed by atoms with Crippen LogP contribution in [0, 0.1) is 0 Å². The van der Waals surface area contributed by atoms with E-state index in [9.17, 15) is 0 Å². The van der Waals surface area contributed by atoms with E-state index in [1.165, 1.54) is 5.56 Å². The van der Waals surface area contributed by atoms with E-state index in [0.29, 0.717) is 19.8 Å². The van der Waals surface area contributed by atoms with Crippen molar-refractivity contribution in [2.75, 3.05) is 27.3 Å². The second-order valence-electron chi connectivity index (χ2n) is 5.27. The smallest absolute Gasteiger partial charge is 0.191 e. The van der Waals surface area contributed by atoms with Crippen LogP contribution in [0.25, 0.3) is 0 Å². The van der Waals surface area contributed by atoms with Crippen molar-refractivity contribution in [3.05, 3.63) is 65.7 Å². The van der Waals surface area contributed by atoms with Crippen LogP contribution >= 0.6 is 0 Å². The van der Waals surface area contributed by atoms with Gasteiger partial charge < -0.3 is 20.1 Å². The maximum absolute atomic E-state index is 5.79. The lowest BCUT2D eigenvalue weighted by molar-refractivity contribution is 0.203. The topological polar surface area (TPSA) is 54.9 Å². The third kappa shape index (κ3) is 6.30. The molecule has 2 rings (SSSR count). The average Bonchev–Trinajstić information content (AvgIpc) is 2.64. The fraction of sp³-hybridized carbons (Fsp3) is 0.316. The molecule has 24 heavy (non-hydrogen) atoms. The van der Waals surface area contributed by atoms with Crippen LogP contribution in [0.15, 0.2) is 59.6 Å². The van der Waals surface area contributed by atoms with Crippen LogP contribution in [0.1, 0.15) is 11.1 Å². The molecule has 0 unspecified atom stereocenters. The molecule has 5 nitrogen and oxygen atoms in total. The highest BCUT2D eigenvalue weighted by Crippen LogP contribution is 2.12. The number of nitrogens with one attached hydrogen (secondary N) is 2. The third-order valence-electron chi connectivity index (χ3n) is 3.42. The van der Waals surface area contributed by atoms with Crippen molar-refractivity contribution in [3.63, 3.8) is 0 Å². The van der Waals surface area contributed by atoms with Gasteiger partial charge in [-0.25, -0.2) is 0 Å². The maximum Gasteiger partial charge on any atom is 0.191 e. The van der Waals surface area contributed by atoms with Gasteiger partial charge in [-0.15, -0.1) is 0 Å². The molecule has 0 aromatic heterocycles. The first-order valence-electron chi connectivity index (χ1n) is 8.01. The molecule has 5 heteroatoms. The molecule has 0 heterocycles. The standard InChI is InChI=1S/C19H25N3O2/c1-20-19(21-11-12-23-2)22-14-16-7-6-8-17(13-16)15-24-18-9-4-3-5-10-18/h3-10,13H,11-12,14-15H2,1-2H3,(H2,20,21,22). The summed E-state index contributed by atoms with van der Waals surface area (Å²) in [7, 11) is 3.44. The molecule has 0 saturated heterocycles.